The first-order valence-corrected chi connectivity index (χ1v) is 7.77. The first-order valence-electron chi connectivity index (χ1n) is 7.77. The number of rotatable bonds is 4. The lowest BCUT2D eigenvalue weighted by Gasteiger charge is -2.17. The molecule has 1 atom stereocenters. The molecule has 1 unspecified atom stereocenters. The second-order valence-corrected chi connectivity index (χ2v) is 5.57. The molecule has 2 aromatic carbocycles. The zero-order valence-electron chi connectivity index (χ0n) is 13.4. The fourth-order valence-corrected chi connectivity index (χ4v) is 2.58. The first kappa shape index (κ1) is 16.0. The number of carbonyl (C=O) groups is 1. The number of fused-ring (bicyclic) bond motifs is 1. The van der Waals surface area contributed by atoms with Crippen LogP contribution < -0.4 is 10.6 Å². The summed E-state index contributed by atoms with van der Waals surface area (Å²) in [5.74, 6) is 0. The molecule has 0 aliphatic carbocycles. The van der Waals surface area contributed by atoms with Crippen molar-refractivity contribution in [1.82, 2.24) is 10.3 Å². The van der Waals surface area contributed by atoms with Crippen LogP contribution in [-0.4, -0.2) is 22.7 Å². The summed E-state index contributed by atoms with van der Waals surface area (Å²) in [4.78, 5) is 16.8. The van der Waals surface area contributed by atoms with E-state index < -0.39 is 6.04 Å². The fourth-order valence-electron chi connectivity index (χ4n) is 2.58. The van der Waals surface area contributed by atoms with Crippen molar-refractivity contribution in [2.24, 2.45) is 0 Å². The van der Waals surface area contributed by atoms with Crippen LogP contribution in [0, 0.1) is 6.92 Å². The van der Waals surface area contributed by atoms with Gasteiger partial charge in [0.15, 0.2) is 0 Å². The average molecular weight is 321 g/mol. The Morgan fingerprint density at radius 1 is 1.08 bits per heavy atom. The molecule has 0 spiro atoms. The van der Waals surface area contributed by atoms with Crippen LogP contribution in [0.5, 0.6) is 0 Å². The maximum absolute atomic E-state index is 12.3. The van der Waals surface area contributed by atoms with Crippen LogP contribution in [0.4, 0.5) is 10.5 Å². The second kappa shape index (κ2) is 7.10. The van der Waals surface area contributed by atoms with Crippen LogP contribution in [-0.2, 0) is 0 Å². The molecule has 0 saturated heterocycles. The van der Waals surface area contributed by atoms with Crippen molar-refractivity contribution in [2.45, 2.75) is 13.0 Å². The number of benzene rings is 2. The van der Waals surface area contributed by atoms with E-state index >= 15 is 0 Å². The standard InChI is InChI=1S/C19H19N3O2/c1-13-10-11-15-8-5-9-16(18(15)20-13)21-19(24)22-17(12-23)14-6-3-2-4-7-14/h2-11,17,23H,12H2,1H3,(H2,21,22,24). The number of urea groups is 1. The predicted octanol–water partition coefficient (Wildman–Crippen LogP) is 3.40. The number of aromatic nitrogens is 1. The third-order valence-electron chi connectivity index (χ3n) is 3.80. The Balaban J connectivity index is 1.79. The van der Waals surface area contributed by atoms with E-state index in [1.165, 1.54) is 0 Å². The predicted molar refractivity (Wildman–Crippen MR) is 94.9 cm³/mol. The third-order valence-corrected chi connectivity index (χ3v) is 3.80. The Bertz CT molecular complexity index is 850. The maximum Gasteiger partial charge on any atom is 0.319 e. The smallest absolute Gasteiger partial charge is 0.319 e. The highest BCUT2D eigenvalue weighted by molar-refractivity contribution is 5.99. The molecule has 3 N–H and O–H groups in total. The SMILES string of the molecule is Cc1ccc2cccc(NC(=O)NC(CO)c3ccccc3)c2n1. The summed E-state index contributed by atoms with van der Waals surface area (Å²) in [6, 6.07) is 18.1. The van der Waals surface area contributed by atoms with E-state index in [1.54, 1.807) is 0 Å². The van der Waals surface area contributed by atoms with Crippen LogP contribution in [0.3, 0.4) is 0 Å². The number of anilines is 1. The Morgan fingerprint density at radius 3 is 2.62 bits per heavy atom. The lowest BCUT2D eigenvalue weighted by atomic mass is 10.1. The van der Waals surface area contributed by atoms with E-state index in [0.29, 0.717) is 5.69 Å². The Morgan fingerprint density at radius 2 is 1.88 bits per heavy atom. The molecule has 0 saturated carbocycles. The summed E-state index contributed by atoms with van der Waals surface area (Å²) in [6.07, 6.45) is 0. The van der Waals surface area contributed by atoms with Crippen LogP contribution in [0.1, 0.15) is 17.3 Å². The van der Waals surface area contributed by atoms with Crippen molar-refractivity contribution in [1.29, 1.82) is 0 Å². The minimum absolute atomic E-state index is 0.176. The molecule has 0 radical (unpaired) electrons. The Labute approximate surface area is 140 Å². The van der Waals surface area contributed by atoms with Gasteiger partial charge >= 0.3 is 6.03 Å². The van der Waals surface area contributed by atoms with Gasteiger partial charge in [0, 0.05) is 11.1 Å². The zero-order chi connectivity index (χ0) is 16.9. The zero-order valence-corrected chi connectivity index (χ0v) is 13.4. The van der Waals surface area contributed by atoms with Gasteiger partial charge in [-0.1, -0.05) is 48.5 Å². The number of amides is 2. The second-order valence-electron chi connectivity index (χ2n) is 5.57. The van der Waals surface area contributed by atoms with Crippen molar-refractivity contribution in [3.8, 4) is 0 Å². The number of hydrogen-bond donors (Lipinski definition) is 3. The first-order chi connectivity index (χ1) is 11.7. The molecule has 0 bridgehead atoms. The summed E-state index contributed by atoms with van der Waals surface area (Å²) in [6.45, 7) is 1.73. The van der Waals surface area contributed by atoms with E-state index in [2.05, 4.69) is 15.6 Å². The number of aryl methyl sites for hydroxylation is 1. The molecule has 24 heavy (non-hydrogen) atoms. The lowest BCUT2D eigenvalue weighted by Crippen LogP contribution is -2.34. The normalized spacial score (nSPS) is 11.9. The highest BCUT2D eigenvalue weighted by Crippen LogP contribution is 2.22. The third kappa shape index (κ3) is 3.52. The largest absolute Gasteiger partial charge is 0.394 e. The van der Waals surface area contributed by atoms with E-state index in [1.807, 2.05) is 67.6 Å². The van der Waals surface area contributed by atoms with Crippen molar-refractivity contribution in [2.75, 3.05) is 11.9 Å². The van der Waals surface area contributed by atoms with Gasteiger partial charge in [0.05, 0.1) is 23.9 Å². The van der Waals surface area contributed by atoms with Crippen molar-refractivity contribution >= 4 is 22.6 Å². The molecule has 5 nitrogen and oxygen atoms in total. The van der Waals surface area contributed by atoms with Crippen molar-refractivity contribution in [3.63, 3.8) is 0 Å². The Hall–Kier alpha value is -2.92. The van der Waals surface area contributed by atoms with Crippen LogP contribution in [0.25, 0.3) is 10.9 Å². The lowest BCUT2D eigenvalue weighted by molar-refractivity contribution is 0.225. The van der Waals surface area contributed by atoms with Crippen molar-refractivity contribution in [3.05, 3.63) is 71.9 Å². The number of nitrogens with zero attached hydrogens (tertiary/aromatic N) is 1. The molecule has 2 amide bonds. The summed E-state index contributed by atoms with van der Waals surface area (Å²) in [5.41, 5.74) is 3.11. The minimum atomic E-state index is -0.462. The maximum atomic E-state index is 12.3. The molecule has 3 aromatic rings. The molecule has 1 heterocycles. The van der Waals surface area contributed by atoms with E-state index in [-0.39, 0.29) is 12.6 Å². The number of nitrogens with one attached hydrogen (secondary N) is 2. The van der Waals surface area contributed by atoms with Gasteiger partial charge in [0.2, 0.25) is 0 Å². The van der Waals surface area contributed by atoms with Crippen molar-refractivity contribution < 1.29 is 9.90 Å². The van der Waals surface area contributed by atoms with Gasteiger partial charge in [-0.2, -0.15) is 0 Å². The number of carbonyl (C=O) groups excluding carboxylic acids is 1. The number of hydrogen-bond acceptors (Lipinski definition) is 3. The number of aliphatic hydroxyl groups excluding tert-OH is 1. The fraction of sp³-hybridized carbons (Fsp3) is 0.158. The van der Waals surface area contributed by atoms with E-state index in [9.17, 15) is 9.90 Å². The van der Waals surface area contributed by atoms with Gasteiger partial charge in [0.1, 0.15) is 0 Å². The van der Waals surface area contributed by atoms with Gasteiger partial charge in [-0.3, -0.25) is 4.98 Å². The van der Waals surface area contributed by atoms with Crippen LogP contribution >= 0.6 is 0 Å². The number of para-hydroxylation sites is 1. The highest BCUT2D eigenvalue weighted by Gasteiger charge is 2.14. The summed E-state index contributed by atoms with van der Waals surface area (Å²) >= 11 is 0. The molecular weight excluding hydrogens is 302 g/mol. The molecular formula is C19H19N3O2. The summed E-state index contributed by atoms with van der Waals surface area (Å²) in [7, 11) is 0. The summed E-state index contributed by atoms with van der Waals surface area (Å²) < 4.78 is 0. The van der Waals surface area contributed by atoms with Gasteiger partial charge in [0.25, 0.3) is 0 Å². The van der Waals surface area contributed by atoms with E-state index in [0.717, 1.165) is 22.2 Å². The molecule has 0 aliphatic heterocycles. The Kier molecular flexibility index (Phi) is 4.72. The molecule has 0 fully saturated rings. The molecule has 5 heteroatoms. The van der Waals surface area contributed by atoms with Gasteiger partial charge in [-0.25, -0.2) is 4.79 Å². The molecule has 3 rings (SSSR count). The average Bonchev–Trinajstić information content (AvgIpc) is 2.61. The van der Waals surface area contributed by atoms with Gasteiger partial charge < -0.3 is 15.7 Å². The monoisotopic (exact) mass is 321 g/mol. The minimum Gasteiger partial charge on any atom is -0.394 e. The quantitative estimate of drug-likeness (QED) is 0.689. The van der Waals surface area contributed by atoms with Crippen LogP contribution in [0.15, 0.2) is 60.7 Å². The molecule has 1 aromatic heterocycles. The van der Waals surface area contributed by atoms with Crippen LogP contribution in [0.2, 0.25) is 0 Å². The number of pyridine rings is 1. The number of aliphatic hydroxyl groups is 1. The molecule has 0 aliphatic rings. The van der Waals surface area contributed by atoms with Gasteiger partial charge in [-0.05, 0) is 24.6 Å². The van der Waals surface area contributed by atoms with E-state index in [4.69, 9.17) is 0 Å². The summed E-state index contributed by atoms with van der Waals surface area (Å²) in [5, 5.41) is 16.1. The highest BCUT2D eigenvalue weighted by atomic mass is 16.3. The topological polar surface area (TPSA) is 74.2 Å². The van der Waals surface area contributed by atoms with Gasteiger partial charge in [-0.15, -0.1) is 0 Å². The molecule has 122 valence electrons.